The molecule has 0 heterocycles. The molecule has 0 bridgehead atoms. The smallest absolute Gasteiger partial charge is 0.0253 e. The minimum absolute atomic E-state index is 0.826. The maximum atomic E-state index is 4.93. The number of hydrogen-bond acceptors (Lipinski definition) is 0. The molecule has 2 radical (unpaired) electrons. The fourth-order valence-electron chi connectivity index (χ4n) is 5.19. The number of halogens is 2. The van der Waals surface area contributed by atoms with E-state index in [9.17, 15) is 0 Å². The molecule has 0 aromatic heterocycles. The van der Waals surface area contributed by atoms with Gasteiger partial charge >= 0.3 is 37.9 Å². The van der Waals surface area contributed by atoms with Crippen LogP contribution in [0.5, 0.6) is 0 Å². The van der Waals surface area contributed by atoms with Gasteiger partial charge < -0.3 is 0 Å². The SMILES string of the molecule is CCc1cc2c(-c3cccc4ccccc34)cccc2[cH-]1.C[Si]C.[Cl][Zr+2][Cl].[c-]1cccc2c1Cc1ccccc1-2. The monoisotopic (exact) mass is 652 g/mol. The third-order valence-electron chi connectivity index (χ3n) is 6.92. The van der Waals surface area contributed by atoms with Gasteiger partial charge in [-0.25, -0.2) is 0 Å². The van der Waals surface area contributed by atoms with Crippen LogP contribution in [0, 0.1) is 6.07 Å². The Morgan fingerprint density at radius 2 is 1.35 bits per heavy atom. The fourth-order valence-corrected chi connectivity index (χ4v) is 5.19. The largest absolute Gasteiger partial charge is 0.179 e. The molecule has 0 saturated heterocycles. The molecular formula is C36H32Cl2SiZr. The topological polar surface area (TPSA) is 0 Å². The predicted octanol–water partition coefficient (Wildman–Crippen LogP) is 11.2. The van der Waals surface area contributed by atoms with Gasteiger partial charge in [0.1, 0.15) is 0 Å². The van der Waals surface area contributed by atoms with E-state index in [0.717, 1.165) is 22.4 Å². The van der Waals surface area contributed by atoms with E-state index in [1.165, 1.54) is 60.5 Å². The van der Waals surface area contributed by atoms with Crippen molar-refractivity contribution in [3.63, 3.8) is 0 Å². The summed E-state index contributed by atoms with van der Waals surface area (Å²) in [5, 5.41) is 5.34. The number of hydrogen-bond donors (Lipinski definition) is 0. The van der Waals surface area contributed by atoms with E-state index in [0.29, 0.717) is 0 Å². The van der Waals surface area contributed by atoms with Crippen molar-refractivity contribution in [3.8, 4) is 22.3 Å². The molecule has 1 aliphatic rings. The summed E-state index contributed by atoms with van der Waals surface area (Å²) in [5.41, 5.74) is 9.59. The first-order chi connectivity index (χ1) is 19.6. The Balaban J connectivity index is 0.000000166. The van der Waals surface area contributed by atoms with E-state index in [-0.39, 0.29) is 0 Å². The molecule has 0 amide bonds. The van der Waals surface area contributed by atoms with Gasteiger partial charge in [-0.15, -0.1) is 40.1 Å². The Bertz CT molecular complexity index is 1620. The Morgan fingerprint density at radius 1 is 0.750 bits per heavy atom. The van der Waals surface area contributed by atoms with E-state index in [4.69, 9.17) is 17.0 Å². The van der Waals surface area contributed by atoms with Crippen molar-refractivity contribution in [2.75, 3.05) is 0 Å². The van der Waals surface area contributed by atoms with Crippen molar-refractivity contribution in [1.29, 1.82) is 0 Å². The first-order valence-electron chi connectivity index (χ1n) is 13.4. The Morgan fingerprint density at radius 3 is 2.12 bits per heavy atom. The first-order valence-corrected chi connectivity index (χ1v) is 21.8. The normalized spacial score (nSPS) is 10.6. The van der Waals surface area contributed by atoms with Gasteiger partial charge in [0.25, 0.3) is 0 Å². The van der Waals surface area contributed by atoms with Gasteiger partial charge in [0.15, 0.2) is 0 Å². The Labute approximate surface area is 260 Å². The molecule has 0 N–H and O–H groups in total. The fraction of sp³-hybridized carbons (Fsp3) is 0.139. The number of rotatable bonds is 2. The van der Waals surface area contributed by atoms with Crippen LogP contribution in [0.3, 0.4) is 0 Å². The molecule has 0 unspecified atom stereocenters. The predicted molar refractivity (Wildman–Crippen MR) is 175 cm³/mol. The molecule has 0 fully saturated rings. The first kappa shape index (κ1) is 30.6. The molecule has 1 aliphatic carbocycles. The summed E-state index contributed by atoms with van der Waals surface area (Å²) >= 11 is -0.826. The quantitative estimate of drug-likeness (QED) is 0.129. The van der Waals surface area contributed by atoms with Gasteiger partial charge in [-0.1, -0.05) is 110 Å². The van der Waals surface area contributed by atoms with E-state index in [2.05, 4.69) is 135 Å². The van der Waals surface area contributed by atoms with Gasteiger partial charge in [0.05, 0.1) is 0 Å². The van der Waals surface area contributed by atoms with E-state index >= 15 is 0 Å². The molecule has 0 aliphatic heterocycles. The van der Waals surface area contributed by atoms with Crippen molar-refractivity contribution in [3.05, 3.63) is 138 Å². The zero-order chi connectivity index (χ0) is 28.3. The molecule has 0 saturated carbocycles. The summed E-state index contributed by atoms with van der Waals surface area (Å²) < 4.78 is 0. The average Bonchev–Trinajstić information content (AvgIpc) is 3.59. The van der Waals surface area contributed by atoms with Crippen LogP contribution in [0.15, 0.2) is 115 Å². The van der Waals surface area contributed by atoms with Crippen molar-refractivity contribution < 1.29 is 20.8 Å². The molecule has 0 nitrogen and oxygen atoms in total. The standard InChI is InChI=1S/C21H17.C13H9.C2H6Si.2ClH.Zr/c1-2-15-13-17-9-6-12-20(21(17)14-15)19-11-5-8-16-7-3-4-10-18(16)19;1-3-7-12-10(5-1)9-11-6-2-4-8-13(11)12;1-3-2;;;/h3-14H,2H2,1H3;1-5,7-8H,9H2;1-2H3;2*1H;/q2*-1;;;;+4/p-2. The maximum Gasteiger partial charge on any atom is -0.0253 e. The van der Waals surface area contributed by atoms with E-state index in [1.54, 1.807) is 0 Å². The molecule has 40 heavy (non-hydrogen) atoms. The van der Waals surface area contributed by atoms with Crippen molar-refractivity contribution >= 4 is 48.1 Å². The third kappa shape index (κ3) is 7.29. The van der Waals surface area contributed by atoms with Crippen molar-refractivity contribution in [2.24, 2.45) is 0 Å². The molecule has 4 heteroatoms. The van der Waals surface area contributed by atoms with Gasteiger partial charge in [-0.05, 0) is 29.2 Å². The second-order valence-corrected chi connectivity index (χ2v) is 14.3. The Hall–Kier alpha value is -2.35. The second kappa shape index (κ2) is 15.6. The molecule has 198 valence electrons. The number of benzene rings is 5. The van der Waals surface area contributed by atoms with Gasteiger partial charge in [-0.3, -0.25) is 0 Å². The van der Waals surface area contributed by atoms with Crippen LogP contribution in [0.2, 0.25) is 13.1 Å². The molecule has 6 aromatic carbocycles. The van der Waals surface area contributed by atoms with Crippen LogP contribution in [0.25, 0.3) is 43.8 Å². The second-order valence-electron chi connectivity index (χ2n) is 9.52. The van der Waals surface area contributed by atoms with Crippen LogP contribution in [0.1, 0.15) is 23.6 Å². The van der Waals surface area contributed by atoms with Crippen LogP contribution >= 0.6 is 17.0 Å². The molecule has 6 aromatic rings. The van der Waals surface area contributed by atoms with Crippen molar-refractivity contribution in [2.45, 2.75) is 32.9 Å². The van der Waals surface area contributed by atoms with Gasteiger partial charge in [-0.2, -0.15) is 35.9 Å². The number of fused-ring (bicyclic) bond motifs is 5. The Kier molecular flexibility index (Phi) is 11.9. The van der Waals surface area contributed by atoms with Gasteiger partial charge in [0.2, 0.25) is 0 Å². The summed E-state index contributed by atoms with van der Waals surface area (Å²) in [6, 6.07) is 44.6. The summed E-state index contributed by atoms with van der Waals surface area (Å²) in [5.74, 6) is 0. The molecule has 7 rings (SSSR count). The van der Waals surface area contributed by atoms with Crippen LogP contribution in [0.4, 0.5) is 0 Å². The van der Waals surface area contributed by atoms with Gasteiger partial charge in [0, 0.05) is 9.52 Å². The van der Waals surface area contributed by atoms with Crippen LogP contribution < -0.4 is 0 Å². The number of aryl methyl sites for hydroxylation is 1. The maximum absolute atomic E-state index is 4.93. The van der Waals surface area contributed by atoms with E-state index < -0.39 is 20.8 Å². The van der Waals surface area contributed by atoms with E-state index in [1.807, 2.05) is 6.07 Å². The zero-order valence-electron chi connectivity index (χ0n) is 23.1. The van der Waals surface area contributed by atoms with Crippen LogP contribution in [-0.4, -0.2) is 9.52 Å². The molecule has 0 atom stereocenters. The summed E-state index contributed by atoms with van der Waals surface area (Å²) in [6.07, 6.45) is 2.13. The molecular weight excluding hydrogens is 623 g/mol. The zero-order valence-corrected chi connectivity index (χ0v) is 28.1. The third-order valence-corrected chi connectivity index (χ3v) is 6.92. The summed E-state index contributed by atoms with van der Waals surface area (Å²) in [6.45, 7) is 6.52. The average molecular weight is 655 g/mol. The minimum Gasteiger partial charge on any atom is -0.179 e. The van der Waals surface area contributed by atoms with Crippen LogP contribution in [-0.2, 0) is 33.7 Å². The summed E-state index contributed by atoms with van der Waals surface area (Å²) in [4.78, 5) is 0. The van der Waals surface area contributed by atoms with Crippen molar-refractivity contribution in [1.82, 2.24) is 0 Å². The summed E-state index contributed by atoms with van der Waals surface area (Å²) in [7, 11) is 11.0. The minimum atomic E-state index is -0.826. The molecule has 0 spiro atoms.